The van der Waals surface area contributed by atoms with Gasteiger partial charge in [0, 0.05) is 0 Å². The van der Waals surface area contributed by atoms with Crippen molar-refractivity contribution >= 4 is 24.5 Å². The van der Waals surface area contributed by atoms with Crippen molar-refractivity contribution < 1.29 is 5.11 Å². The summed E-state index contributed by atoms with van der Waals surface area (Å²) in [5.41, 5.74) is 0. The SMILES string of the molecule is CCC(O)C[Te]c1ccccc1. The Bertz CT molecular complexity index is 210. The van der Waals surface area contributed by atoms with Crippen LogP contribution in [0.5, 0.6) is 0 Å². The predicted molar refractivity (Wildman–Crippen MR) is 52.9 cm³/mol. The third-order valence-corrected chi connectivity index (χ3v) is 4.96. The number of benzene rings is 1. The van der Waals surface area contributed by atoms with Crippen LogP contribution in [0.3, 0.4) is 0 Å². The Morgan fingerprint density at radius 3 is 2.58 bits per heavy atom. The molecule has 0 spiro atoms. The number of aliphatic hydroxyl groups excluding tert-OH is 1. The van der Waals surface area contributed by atoms with E-state index in [9.17, 15) is 5.11 Å². The van der Waals surface area contributed by atoms with E-state index >= 15 is 0 Å². The molecule has 0 amide bonds. The summed E-state index contributed by atoms with van der Waals surface area (Å²) in [5.74, 6) is 0. The zero-order chi connectivity index (χ0) is 8.81. The molecule has 1 aromatic rings. The summed E-state index contributed by atoms with van der Waals surface area (Å²) in [6.07, 6.45) is 0.810. The van der Waals surface area contributed by atoms with Crippen molar-refractivity contribution in [3.63, 3.8) is 0 Å². The van der Waals surface area contributed by atoms with E-state index < -0.39 is 0 Å². The Balaban J connectivity index is 2.33. The van der Waals surface area contributed by atoms with Crippen LogP contribution in [0.2, 0.25) is 4.47 Å². The van der Waals surface area contributed by atoms with Gasteiger partial charge in [0.15, 0.2) is 0 Å². The molecule has 12 heavy (non-hydrogen) atoms. The Morgan fingerprint density at radius 1 is 1.33 bits per heavy atom. The standard InChI is InChI=1S/C10H14OTe/c1-2-9(11)8-12-10-6-4-3-5-7-10/h3-7,9,11H,2,8H2,1H3. The molecule has 0 aliphatic heterocycles. The fourth-order valence-electron chi connectivity index (χ4n) is 0.827. The fourth-order valence-corrected chi connectivity index (χ4v) is 3.60. The molecule has 1 aromatic carbocycles. The molecule has 0 aliphatic carbocycles. The van der Waals surface area contributed by atoms with Crippen LogP contribution in [0.4, 0.5) is 0 Å². The maximum atomic E-state index is 9.35. The van der Waals surface area contributed by atoms with Crippen molar-refractivity contribution in [1.82, 2.24) is 0 Å². The molecule has 0 aliphatic rings. The Labute approximate surface area is 83.9 Å². The monoisotopic (exact) mass is 280 g/mol. The average Bonchev–Trinajstić information content (AvgIpc) is 2.16. The fraction of sp³-hybridized carbons (Fsp3) is 0.400. The van der Waals surface area contributed by atoms with Crippen LogP contribution in [-0.2, 0) is 0 Å². The predicted octanol–water partition coefficient (Wildman–Crippen LogP) is 1.21. The Morgan fingerprint density at radius 2 is 2.00 bits per heavy atom. The molecule has 1 atom stereocenters. The van der Waals surface area contributed by atoms with Gasteiger partial charge in [0.1, 0.15) is 0 Å². The van der Waals surface area contributed by atoms with Gasteiger partial charge in [-0.1, -0.05) is 0 Å². The van der Waals surface area contributed by atoms with E-state index in [-0.39, 0.29) is 27.0 Å². The quantitative estimate of drug-likeness (QED) is 0.821. The molecular weight excluding hydrogens is 264 g/mol. The number of aliphatic hydroxyl groups is 1. The van der Waals surface area contributed by atoms with Gasteiger partial charge in [-0.2, -0.15) is 0 Å². The van der Waals surface area contributed by atoms with Gasteiger partial charge < -0.3 is 0 Å². The van der Waals surface area contributed by atoms with Crippen molar-refractivity contribution in [1.29, 1.82) is 0 Å². The second-order valence-electron chi connectivity index (χ2n) is 2.69. The first-order chi connectivity index (χ1) is 5.83. The molecule has 1 nitrogen and oxygen atoms in total. The Hall–Kier alpha value is -0.0304. The molecule has 1 rings (SSSR count). The summed E-state index contributed by atoms with van der Waals surface area (Å²) < 4.78 is 2.45. The first-order valence-corrected chi connectivity index (χ1v) is 7.00. The van der Waals surface area contributed by atoms with Crippen LogP contribution in [0, 0.1) is 0 Å². The van der Waals surface area contributed by atoms with E-state index in [0.29, 0.717) is 0 Å². The number of hydrogen-bond acceptors (Lipinski definition) is 1. The van der Waals surface area contributed by atoms with Gasteiger partial charge in [-0.05, 0) is 0 Å². The first kappa shape index (κ1) is 10.1. The third kappa shape index (κ3) is 3.58. The van der Waals surface area contributed by atoms with Crippen molar-refractivity contribution in [3.05, 3.63) is 30.3 Å². The third-order valence-electron chi connectivity index (χ3n) is 1.66. The molecule has 0 fully saturated rings. The zero-order valence-electron chi connectivity index (χ0n) is 7.23. The van der Waals surface area contributed by atoms with Crippen LogP contribution in [0.15, 0.2) is 30.3 Å². The molecule has 0 saturated heterocycles. The summed E-state index contributed by atoms with van der Waals surface area (Å²) in [5, 5.41) is 9.35. The average molecular weight is 278 g/mol. The zero-order valence-corrected chi connectivity index (χ0v) is 9.56. The van der Waals surface area contributed by atoms with E-state index in [1.54, 1.807) is 0 Å². The van der Waals surface area contributed by atoms with Crippen molar-refractivity contribution in [2.24, 2.45) is 0 Å². The normalized spacial score (nSPS) is 12.8. The van der Waals surface area contributed by atoms with Crippen molar-refractivity contribution in [2.75, 3.05) is 0 Å². The van der Waals surface area contributed by atoms with Gasteiger partial charge >= 0.3 is 83.9 Å². The molecule has 0 heterocycles. The van der Waals surface area contributed by atoms with E-state index in [4.69, 9.17) is 0 Å². The van der Waals surface area contributed by atoms with Gasteiger partial charge in [0.05, 0.1) is 0 Å². The van der Waals surface area contributed by atoms with Crippen LogP contribution < -0.4 is 3.61 Å². The summed E-state index contributed by atoms with van der Waals surface area (Å²) in [6, 6.07) is 10.5. The number of rotatable bonds is 4. The van der Waals surface area contributed by atoms with E-state index in [0.717, 1.165) is 10.9 Å². The maximum absolute atomic E-state index is 9.35. The van der Waals surface area contributed by atoms with Crippen LogP contribution in [-0.4, -0.2) is 32.1 Å². The van der Waals surface area contributed by atoms with Gasteiger partial charge in [-0.25, -0.2) is 0 Å². The molecule has 0 bridgehead atoms. The second-order valence-corrected chi connectivity index (χ2v) is 5.81. The van der Waals surface area contributed by atoms with Gasteiger partial charge in [-0.15, -0.1) is 0 Å². The van der Waals surface area contributed by atoms with E-state index in [1.165, 1.54) is 3.61 Å². The van der Waals surface area contributed by atoms with Gasteiger partial charge in [-0.3, -0.25) is 0 Å². The van der Waals surface area contributed by atoms with Crippen LogP contribution >= 0.6 is 0 Å². The van der Waals surface area contributed by atoms with Gasteiger partial charge in [0.25, 0.3) is 0 Å². The van der Waals surface area contributed by atoms with E-state index in [1.807, 2.05) is 13.0 Å². The summed E-state index contributed by atoms with van der Waals surface area (Å²) in [6.45, 7) is 2.03. The summed E-state index contributed by atoms with van der Waals surface area (Å²) >= 11 is -0.143. The molecule has 0 radical (unpaired) electrons. The summed E-state index contributed by atoms with van der Waals surface area (Å²) in [7, 11) is 0. The van der Waals surface area contributed by atoms with E-state index in [2.05, 4.69) is 24.3 Å². The van der Waals surface area contributed by atoms with Gasteiger partial charge in [0.2, 0.25) is 0 Å². The topological polar surface area (TPSA) is 20.2 Å². The molecule has 2 heteroatoms. The molecule has 0 saturated carbocycles. The minimum atomic E-state index is -0.143. The molecule has 1 unspecified atom stereocenters. The minimum absolute atomic E-state index is 0.0763. The second kappa shape index (κ2) is 5.59. The van der Waals surface area contributed by atoms with Crippen molar-refractivity contribution in [2.45, 2.75) is 23.9 Å². The Kier molecular flexibility index (Phi) is 4.68. The molecule has 1 N–H and O–H groups in total. The molecular formula is C10H14OTe. The van der Waals surface area contributed by atoms with Crippen molar-refractivity contribution in [3.8, 4) is 0 Å². The van der Waals surface area contributed by atoms with Crippen LogP contribution in [0.25, 0.3) is 0 Å². The molecule has 0 aromatic heterocycles. The van der Waals surface area contributed by atoms with Crippen LogP contribution in [0.1, 0.15) is 13.3 Å². The summed E-state index contributed by atoms with van der Waals surface area (Å²) in [4.78, 5) is 0. The molecule has 66 valence electrons. The first-order valence-electron chi connectivity index (χ1n) is 4.19. The number of hydrogen-bond donors (Lipinski definition) is 1.